The van der Waals surface area contributed by atoms with Crippen molar-refractivity contribution in [1.29, 1.82) is 0 Å². The molecule has 0 spiro atoms. The first-order valence-corrected chi connectivity index (χ1v) is 29.5. The minimum absolute atomic E-state index is 0. The van der Waals surface area contributed by atoms with E-state index in [1.165, 1.54) is 128 Å². The molecule has 0 N–H and O–H groups in total. The van der Waals surface area contributed by atoms with E-state index < -0.39 is 0 Å². The maximum Gasteiger partial charge on any atom is 0.0160 e. The summed E-state index contributed by atoms with van der Waals surface area (Å²) in [6.07, 6.45) is 12.7. The predicted molar refractivity (Wildman–Crippen MR) is 350 cm³/mol. The fraction of sp³-hybridized carbons (Fsp3) is 0.200. The number of nitrogens with zero attached hydrogens (tertiary/aromatic N) is 2. The first kappa shape index (κ1) is 59.5. The summed E-state index contributed by atoms with van der Waals surface area (Å²) >= 11 is 0. The molecule has 3 heteroatoms. The molecule has 0 fully saturated rings. The first-order chi connectivity index (χ1) is 39.9. The van der Waals surface area contributed by atoms with Crippen molar-refractivity contribution in [1.82, 2.24) is 9.97 Å². The summed E-state index contributed by atoms with van der Waals surface area (Å²) < 4.78 is 0. The van der Waals surface area contributed by atoms with Gasteiger partial charge in [0.2, 0.25) is 0 Å². The molecule has 0 aliphatic carbocycles. The molecule has 9 aromatic carbocycles. The van der Waals surface area contributed by atoms with E-state index in [0.717, 1.165) is 34.5 Å². The Morgan fingerprint density at radius 2 is 0.771 bits per heavy atom. The van der Waals surface area contributed by atoms with E-state index in [2.05, 4.69) is 259 Å². The molecule has 0 aliphatic heterocycles. The summed E-state index contributed by atoms with van der Waals surface area (Å²) in [7, 11) is 0. The Morgan fingerprint density at radius 3 is 1.29 bits per heavy atom. The second kappa shape index (κ2) is 27.8. The second-order valence-corrected chi connectivity index (χ2v) is 23.7. The molecule has 83 heavy (non-hydrogen) atoms. The maximum absolute atomic E-state index is 4.66. The van der Waals surface area contributed by atoms with Gasteiger partial charge >= 0.3 is 0 Å². The van der Waals surface area contributed by atoms with Crippen LogP contribution in [0.15, 0.2) is 249 Å². The van der Waals surface area contributed by atoms with Crippen LogP contribution in [-0.4, -0.2) is 9.97 Å². The Morgan fingerprint density at radius 1 is 0.337 bits per heavy atom. The van der Waals surface area contributed by atoms with Crippen LogP contribution in [0.5, 0.6) is 0 Å². The number of pyridine rings is 2. The van der Waals surface area contributed by atoms with E-state index in [0.29, 0.717) is 0 Å². The molecule has 1 radical (unpaired) electrons. The largest absolute Gasteiger partial charge is 0.305 e. The quantitative estimate of drug-likeness (QED) is 0.0712. The van der Waals surface area contributed by atoms with Crippen LogP contribution in [0.2, 0.25) is 0 Å². The third kappa shape index (κ3) is 15.1. The Hall–Kier alpha value is -8.07. The zero-order valence-electron chi connectivity index (χ0n) is 49.3. The third-order valence-corrected chi connectivity index (χ3v) is 15.5. The SMILES string of the molecule is CCCCCCCCc1cccc(-c2cc(C(C)(C)C)c(-c3cc(-c4ccccc4)ccc3-c3cc[c-]c(-c4ccccn4)c3)c(C(C)(C)C)c2)c1.[Ir].[c-]1ccc(-c2cccc(-c3cccc(-c4ccccc4)c3)c2)cc1-c1ccccn1. The number of rotatable bonds is 16. The smallest absolute Gasteiger partial charge is 0.0160 e. The van der Waals surface area contributed by atoms with Crippen molar-refractivity contribution >= 4 is 0 Å². The molecular formula is C80H76IrN2-2. The van der Waals surface area contributed by atoms with Crippen LogP contribution in [-0.2, 0) is 37.4 Å². The van der Waals surface area contributed by atoms with Crippen LogP contribution in [0, 0.1) is 12.1 Å². The van der Waals surface area contributed by atoms with E-state index >= 15 is 0 Å². The normalized spacial score (nSPS) is 11.3. The van der Waals surface area contributed by atoms with Gasteiger partial charge in [-0.2, -0.15) is 0 Å². The van der Waals surface area contributed by atoms with Crippen LogP contribution < -0.4 is 0 Å². The van der Waals surface area contributed by atoms with E-state index in [1.807, 2.05) is 60.9 Å². The van der Waals surface area contributed by atoms with Gasteiger partial charge in [0.05, 0.1) is 0 Å². The van der Waals surface area contributed by atoms with Gasteiger partial charge < -0.3 is 9.97 Å². The van der Waals surface area contributed by atoms with Crippen LogP contribution in [0.3, 0.4) is 0 Å². The van der Waals surface area contributed by atoms with Gasteiger partial charge in [-0.15, -0.1) is 70.8 Å². The molecule has 2 aromatic heterocycles. The molecule has 0 atom stereocenters. The first-order valence-electron chi connectivity index (χ1n) is 29.5. The Balaban J connectivity index is 0.000000226. The molecule has 0 unspecified atom stereocenters. The van der Waals surface area contributed by atoms with Crippen molar-refractivity contribution in [3.63, 3.8) is 0 Å². The fourth-order valence-corrected chi connectivity index (χ4v) is 11.1. The number of benzene rings is 9. The summed E-state index contributed by atoms with van der Waals surface area (Å²) in [5.41, 5.74) is 25.1. The summed E-state index contributed by atoms with van der Waals surface area (Å²) in [5, 5.41) is 0. The van der Waals surface area contributed by atoms with E-state index in [4.69, 9.17) is 0 Å². The molecule has 0 saturated heterocycles. The average Bonchev–Trinajstić information content (AvgIpc) is 3.02. The van der Waals surface area contributed by atoms with Gasteiger partial charge in [0.1, 0.15) is 0 Å². The summed E-state index contributed by atoms with van der Waals surface area (Å²) in [4.78, 5) is 9.11. The van der Waals surface area contributed by atoms with Crippen molar-refractivity contribution in [2.75, 3.05) is 0 Å². The van der Waals surface area contributed by atoms with Crippen molar-refractivity contribution in [3.05, 3.63) is 278 Å². The molecule has 11 aromatic rings. The number of aromatic nitrogens is 2. The van der Waals surface area contributed by atoms with Crippen molar-refractivity contribution in [2.45, 2.75) is 104 Å². The van der Waals surface area contributed by atoms with Gasteiger partial charge in [0.15, 0.2) is 0 Å². The van der Waals surface area contributed by atoms with E-state index in [-0.39, 0.29) is 30.9 Å². The molecular weight excluding hydrogens is 1180 g/mol. The average molecular weight is 1260 g/mol. The summed E-state index contributed by atoms with van der Waals surface area (Å²) in [5.74, 6) is 0. The summed E-state index contributed by atoms with van der Waals surface area (Å²) in [6, 6.07) is 91.5. The molecule has 0 amide bonds. The van der Waals surface area contributed by atoms with E-state index in [9.17, 15) is 0 Å². The van der Waals surface area contributed by atoms with Gasteiger partial charge in [-0.05, 0) is 161 Å². The number of aryl methyl sites for hydroxylation is 1. The molecule has 2 nitrogen and oxygen atoms in total. The van der Waals surface area contributed by atoms with Crippen molar-refractivity contribution in [2.24, 2.45) is 0 Å². The van der Waals surface area contributed by atoms with Crippen molar-refractivity contribution in [3.8, 4) is 100 Å². The molecule has 2 heterocycles. The maximum atomic E-state index is 4.66. The van der Waals surface area contributed by atoms with Gasteiger partial charge in [-0.3, -0.25) is 0 Å². The minimum atomic E-state index is -0.106. The number of hydrogen-bond donors (Lipinski definition) is 0. The zero-order chi connectivity index (χ0) is 56.9. The third-order valence-electron chi connectivity index (χ3n) is 15.5. The van der Waals surface area contributed by atoms with Gasteiger partial charge in [-0.1, -0.05) is 238 Å². The summed E-state index contributed by atoms with van der Waals surface area (Å²) in [6.45, 7) is 16.5. The molecule has 11 rings (SSSR count). The second-order valence-electron chi connectivity index (χ2n) is 23.7. The topological polar surface area (TPSA) is 25.8 Å². The minimum Gasteiger partial charge on any atom is -0.305 e. The van der Waals surface area contributed by atoms with Gasteiger partial charge in [0, 0.05) is 32.5 Å². The standard InChI is InChI=1S/C51H56N.C29H20N.Ir/c1-8-9-10-11-12-14-21-37-22-19-25-39(32-37)43-35-46(50(2,3)4)49(47(36-43)51(5,6)7)45-34-40(38-23-15-13-16-24-38)29-30-44(45)41-26-20-27-42(33-41)48-28-17-18-31-52-48;1-2-9-22(10-3-1)23-11-6-12-24(19-23)25-13-7-14-26(20-25)27-15-8-16-28(21-27)29-17-4-5-18-30-29;/h13,15-20,22-26,28-36H,8-12,14,21H2,1-7H3;1-15,17-21H;/q2*-1;. The van der Waals surface area contributed by atoms with Crippen molar-refractivity contribution < 1.29 is 20.1 Å². The Labute approximate surface area is 509 Å². The van der Waals surface area contributed by atoms with E-state index in [1.54, 1.807) is 0 Å². The Bertz CT molecular complexity index is 3720. The van der Waals surface area contributed by atoms with Crippen LogP contribution >= 0.6 is 0 Å². The Kier molecular flexibility index (Phi) is 19.9. The molecule has 0 aliphatic rings. The fourth-order valence-electron chi connectivity index (χ4n) is 11.1. The van der Waals surface area contributed by atoms with Crippen LogP contribution in [0.4, 0.5) is 0 Å². The van der Waals surface area contributed by atoms with Crippen LogP contribution in [0.25, 0.3) is 100 Å². The van der Waals surface area contributed by atoms with Crippen LogP contribution in [0.1, 0.15) is 104 Å². The number of hydrogen-bond acceptors (Lipinski definition) is 2. The van der Waals surface area contributed by atoms with Gasteiger partial charge in [0.25, 0.3) is 0 Å². The molecule has 0 saturated carbocycles. The zero-order valence-corrected chi connectivity index (χ0v) is 51.7. The molecule has 417 valence electrons. The number of unbranched alkanes of at least 4 members (excludes halogenated alkanes) is 5. The molecule has 0 bridgehead atoms. The van der Waals surface area contributed by atoms with Gasteiger partial charge in [-0.25, -0.2) is 0 Å². The predicted octanol–water partition coefficient (Wildman–Crippen LogP) is 22.3. The monoisotopic (exact) mass is 1260 g/mol.